The Labute approximate surface area is 184 Å². The summed E-state index contributed by atoms with van der Waals surface area (Å²) < 4.78 is 0. The first kappa shape index (κ1) is 25.7. The van der Waals surface area contributed by atoms with E-state index in [1.807, 2.05) is 0 Å². The van der Waals surface area contributed by atoms with Gasteiger partial charge in [-0.3, -0.25) is 12.2 Å². The maximum atomic E-state index is 3.52. The molecule has 0 aromatic rings. The molecule has 136 valence electrons. The van der Waals surface area contributed by atoms with Crippen molar-refractivity contribution in [2.24, 2.45) is 0 Å². The molecule has 0 nitrogen and oxygen atoms in total. The van der Waals surface area contributed by atoms with Crippen LogP contribution in [0.25, 0.3) is 0 Å². The van der Waals surface area contributed by atoms with E-state index in [1.54, 1.807) is 10.4 Å². The molecule has 0 unspecified atom stereocenters. The minimum atomic E-state index is -0.865. The van der Waals surface area contributed by atoms with Crippen LogP contribution in [0.1, 0.15) is 39.5 Å². The van der Waals surface area contributed by atoms with E-state index in [2.05, 4.69) is 50.3 Å². The van der Waals surface area contributed by atoms with Crippen molar-refractivity contribution in [2.45, 2.75) is 75.8 Å². The number of halogens is 2. The van der Waals surface area contributed by atoms with Crippen molar-refractivity contribution in [3.05, 3.63) is 46.8 Å². The second-order valence-corrected chi connectivity index (χ2v) is 17.0. The third kappa shape index (κ3) is 5.36. The minimum Gasteiger partial charge on any atom is -1.00 e. The zero-order valence-electron chi connectivity index (χ0n) is 15.6. The van der Waals surface area contributed by atoms with Gasteiger partial charge in [0.1, 0.15) is 0 Å². The van der Waals surface area contributed by atoms with Crippen molar-refractivity contribution < 1.29 is 46.5 Å². The fourth-order valence-electron chi connectivity index (χ4n) is 4.37. The van der Waals surface area contributed by atoms with Gasteiger partial charge in [0.2, 0.25) is 0 Å². The van der Waals surface area contributed by atoms with Crippen LogP contribution in [0.4, 0.5) is 0 Å². The van der Waals surface area contributed by atoms with Gasteiger partial charge in [0.15, 0.2) is 0 Å². The van der Waals surface area contributed by atoms with Gasteiger partial charge < -0.3 is 24.8 Å². The van der Waals surface area contributed by atoms with Crippen molar-refractivity contribution in [1.29, 1.82) is 0 Å². The van der Waals surface area contributed by atoms with Crippen LogP contribution in [0.5, 0.6) is 0 Å². The predicted octanol–water partition coefficient (Wildman–Crippen LogP) is 0.180. The topological polar surface area (TPSA) is 0 Å². The summed E-state index contributed by atoms with van der Waals surface area (Å²) in [7, 11) is -1.73. The fourth-order valence-corrected chi connectivity index (χ4v) is 11.9. The van der Waals surface area contributed by atoms with Crippen molar-refractivity contribution in [2.75, 3.05) is 0 Å². The quantitative estimate of drug-likeness (QED) is 0.428. The molecule has 0 radical (unpaired) electrons. The van der Waals surface area contributed by atoms with E-state index in [1.165, 1.54) is 49.1 Å². The average molecular weight is 445 g/mol. The van der Waals surface area contributed by atoms with Crippen LogP contribution in [-0.2, 0) is 21.7 Å². The second-order valence-electron chi connectivity index (χ2n) is 7.37. The Morgan fingerprint density at radius 3 is 1.28 bits per heavy atom. The van der Waals surface area contributed by atoms with E-state index < -0.39 is 16.1 Å². The maximum absolute atomic E-state index is 3.52. The van der Waals surface area contributed by atoms with Gasteiger partial charge >= 0.3 is 21.7 Å². The van der Waals surface area contributed by atoms with Gasteiger partial charge in [0, 0.05) is 16.1 Å². The zero-order chi connectivity index (χ0) is 15.5. The molecule has 2 heterocycles. The van der Waals surface area contributed by atoms with Crippen LogP contribution in [0.15, 0.2) is 34.7 Å². The van der Waals surface area contributed by atoms with Crippen molar-refractivity contribution in [1.82, 2.24) is 0 Å². The summed E-state index contributed by atoms with van der Waals surface area (Å²) in [5, 5.41) is 3.29. The second kappa shape index (κ2) is 11.5. The van der Waals surface area contributed by atoms with E-state index >= 15 is 0 Å². The molecule has 0 atom stereocenters. The number of allylic oxidation sites excluding steroid dienone is 8. The van der Waals surface area contributed by atoms with Crippen molar-refractivity contribution in [3.63, 3.8) is 0 Å². The van der Waals surface area contributed by atoms with Crippen LogP contribution >= 0.6 is 0 Å². The Morgan fingerprint density at radius 1 is 0.760 bits per heavy atom. The van der Waals surface area contributed by atoms with Gasteiger partial charge in [-0.2, -0.15) is 12.2 Å². The Morgan fingerprint density at radius 2 is 1.12 bits per heavy atom. The van der Waals surface area contributed by atoms with Gasteiger partial charge in [-0.15, -0.1) is 12.8 Å². The van der Waals surface area contributed by atoms with Gasteiger partial charge in [0.25, 0.3) is 0 Å². The van der Waals surface area contributed by atoms with E-state index in [0.717, 1.165) is 12.8 Å². The van der Waals surface area contributed by atoms with Gasteiger partial charge in [-0.05, 0) is 0 Å². The van der Waals surface area contributed by atoms with E-state index in [0.29, 0.717) is 0 Å². The third-order valence-electron chi connectivity index (χ3n) is 6.51. The van der Waals surface area contributed by atoms with Gasteiger partial charge in [-0.1, -0.05) is 63.0 Å². The van der Waals surface area contributed by atoms with E-state index in [4.69, 9.17) is 0 Å². The average Bonchev–Trinajstić information content (AvgIpc) is 3.11. The van der Waals surface area contributed by atoms with Crippen LogP contribution in [-0.4, -0.2) is 16.1 Å². The van der Waals surface area contributed by atoms with Crippen LogP contribution in [0.2, 0.25) is 36.3 Å². The summed E-state index contributed by atoms with van der Waals surface area (Å²) in [6.07, 6.45) is 21.4. The molecule has 0 N–H and O–H groups in total. The van der Waals surface area contributed by atoms with Gasteiger partial charge in [-0.25, -0.2) is 22.5 Å². The zero-order valence-corrected chi connectivity index (χ0v) is 20.7. The first-order valence-electron chi connectivity index (χ1n) is 9.30. The molecule has 0 spiro atoms. The summed E-state index contributed by atoms with van der Waals surface area (Å²) >= 11 is 0. The third-order valence-corrected chi connectivity index (χ3v) is 17.4. The number of rotatable bonds is 4. The molecule has 25 heavy (non-hydrogen) atoms. The first-order valence-corrected chi connectivity index (χ1v) is 14.5. The number of hydrogen-bond acceptors (Lipinski definition) is 0. The number of hydrogen-bond donors (Lipinski definition) is 0. The standard InChI is InChI=1S/2C10H15Si.2ClH.Ti/c2*1-2-11(8-5-9-11)10-6-3-4-7-10;;;/h2*3,6H,2,4-5,8-9H2,1H3;2*1H;/q2*-1;;;+4/p-2. The Kier molecular flexibility index (Phi) is 11.8. The normalized spacial score (nSPS) is 23.3. The molecular formula is C20H30Cl2Si2Ti. The molecule has 4 rings (SSSR count). The molecule has 5 heteroatoms. The molecule has 0 amide bonds. The van der Waals surface area contributed by atoms with Crippen LogP contribution < -0.4 is 24.8 Å². The molecule has 2 aliphatic carbocycles. The first-order chi connectivity index (χ1) is 10.7. The summed E-state index contributed by atoms with van der Waals surface area (Å²) in [5.74, 6) is 0. The monoisotopic (exact) mass is 444 g/mol. The maximum Gasteiger partial charge on any atom is 4.00 e. The van der Waals surface area contributed by atoms with E-state index in [9.17, 15) is 0 Å². The molecule has 0 aromatic heterocycles. The van der Waals surface area contributed by atoms with Crippen molar-refractivity contribution in [3.8, 4) is 0 Å². The molecule has 4 aliphatic rings. The molecule has 2 aliphatic heterocycles. The SMILES string of the molecule is CC[Si]1(C2=[C-]CC=C2)CCC1.CC[Si]1(C2=[C-]CC=C2)CCC1.[Cl-].[Cl-].[Ti+4]. The van der Waals surface area contributed by atoms with Gasteiger partial charge in [0.05, 0.1) is 0 Å². The largest absolute Gasteiger partial charge is 4.00 e. The summed E-state index contributed by atoms with van der Waals surface area (Å²) in [6.45, 7) is 4.73. The predicted molar refractivity (Wildman–Crippen MR) is 102 cm³/mol. The molecular weight excluding hydrogens is 415 g/mol. The summed E-state index contributed by atoms with van der Waals surface area (Å²) in [4.78, 5) is 0. The van der Waals surface area contributed by atoms with Crippen LogP contribution in [0, 0.1) is 12.2 Å². The smallest absolute Gasteiger partial charge is 1.00 e. The Bertz CT molecular complexity index is 471. The molecule has 0 saturated carbocycles. The van der Waals surface area contributed by atoms with Crippen LogP contribution in [0.3, 0.4) is 0 Å². The van der Waals surface area contributed by atoms with Crippen molar-refractivity contribution >= 4 is 16.1 Å². The Balaban J connectivity index is 0.000000411. The summed E-state index contributed by atoms with van der Waals surface area (Å²) in [5.41, 5.74) is 0. The Hall–Kier alpha value is 0.688. The van der Waals surface area contributed by atoms with E-state index in [-0.39, 0.29) is 46.5 Å². The molecule has 2 fully saturated rings. The fraction of sp³-hybridized carbons (Fsp3) is 0.600. The molecule has 0 bridgehead atoms. The minimum absolute atomic E-state index is 0. The molecule has 2 saturated heterocycles. The summed E-state index contributed by atoms with van der Waals surface area (Å²) in [6, 6.07) is 9.04. The molecule has 0 aromatic carbocycles.